The molecule has 0 unspecified atom stereocenters. The Morgan fingerprint density at radius 3 is 2.78 bits per heavy atom. The third-order valence-corrected chi connectivity index (χ3v) is 3.58. The molecule has 0 aromatic carbocycles. The molecule has 0 saturated carbocycles. The number of amidine groups is 1. The van der Waals surface area contributed by atoms with Gasteiger partial charge in [0.25, 0.3) is 0 Å². The molecule has 0 amide bonds. The van der Waals surface area contributed by atoms with Crippen LogP contribution in [0.3, 0.4) is 0 Å². The van der Waals surface area contributed by atoms with Crippen molar-refractivity contribution in [2.45, 2.75) is 0 Å². The zero-order valence-electron chi connectivity index (χ0n) is 9.27. The van der Waals surface area contributed by atoms with Gasteiger partial charge in [0, 0.05) is 6.54 Å². The second kappa shape index (κ2) is 6.16. The fourth-order valence-corrected chi connectivity index (χ4v) is 1.98. The summed E-state index contributed by atoms with van der Waals surface area (Å²) >= 11 is 0. The molecule has 0 bridgehead atoms. The average molecular weight is 279 g/mol. The van der Waals surface area contributed by atoms with Crippen molar-refractivity contribution in [3.63, 3.8) is 0 Å². The third-order valence-electron chi connectivity index (χ3n) is 1.95. The maximum atomic E-state index is 11.3. The number of aliphatic hydroxyl groups is 1. The van der Waals surface area contributed by atoms with E-state index < -0.39 is 16.4 Å². The molecule has 0 aliphatic rings. The third kappa shape index (κ3) is 3.85. The van der Waals surface area contributed by atoms with Gasteiger partial charge in [-0.3, -0.25) is 0 Å². The Morgan fingerprint density at radius 1 is 1.44 bits per heavy atom. The maximum Gasteiger partial charge on any atom is 0.202 e. The lowest BCUT2D eigenvalue weighted by Gasteiger charge is -2.04. The minimum absolute atomic E-state index is 0.0166. The number of nitrogens with two attached hydrogens (primary N) is 1. The molecule has 10 nitrogen and oxygen atoms in total. The number of aliphatic hydroxyl groups excluding tert-OH is 1. The summed E-state index contributed by atoms with van der Waals surface area (Å²) < 4.78 is 26.9. The van der Waals surface area contributed by atoms with E-state index in [4.69, 9.17) is 16.0 Å². The molecule has 11 heteroatoms. The second-order valence-corrected chi connectivity index (χ2v) is 5.55. The first-order chi connectivity index (χ1) is 8.50. The average Bonchev–Trinajstić information content (AvgIpc) is 2.76. The summed E-state index contributed by atoms with van der Waals surface area (Å²) in [5.74, 6) is -0.740. The standard InChI is InChI=1S/C7H13N5O5S/c8-6(10-14)5-7(12-17-11-5)9-1-3-18(15,16)4-2-13/h13-14H,1-4H2,(H2,8,10)(H,9,12). The van der Waals surface area contributed by atoms with E-state index in [2.05, 4.69) is 25.4 Å². The van der Waals surface area contributed by atoms with Gasteiger partial charge in [0.05, 0.1) is 18.1 Å². The summed E-state index contributed by atoms with van der Waals surface area (Å²) in [6.07, 6.45) is 0. The summed E-state index contributed by atoms with van der Waals surface area (Å²) in [5, 5.41) is 29.2. The summed E-state index contributed by atoms with van der Waals surface area (Å²) in [6, 6.07) is 0. The van der Waals surface area contributed by atoms with Crippen LogP contribution in [0.25, 0.3) is 0 Å². The molecule has 5 N–H and O–H groups in total. The summed E-state index contributed by atoms with van der Waals surface area (Å²) in [4.78, 5) is 0. The fraction of sp³-hybridized carbons (Fsp3) is 0.571. The molecule has 1 rings (SSSR count). The van der Waals surface area contributed by atoms with Crippen molar-refractivity contribution in [3.05, 3.63) is 5.69 Å². The van der Waals surface area contributed by atoms with Gasteiger partial charge >= 0.3 is 0 Å². The van der Waals surface area contributed by atoms with Crippen LogP contribution in [-0.4, -0.2) is 59.5 Å². The highest BCUT2D eigenvalue weighted by Gasteiger charge is 2.15. The molecule has 0 fully saturated rings. The Bertz CT molecular complexity index is 510. The van der Waals surface area contributed by atoms with Crippen molar-refractivity contribution in [2.75, 3.05) is 30.0 Å². The van der Waals surface area contributed by atoms with E-state index in [9.17, 15) is 8.42 Å². The molecular formula is C7H13N5O5S. The molecule has 0 radical (unpaired) electrons. The molecule has 1 heterocycles. The number of nitrogens with zero attached hydrogens (tertiary/aromatic N) is 3. The highest BCUT2D eigenvalue weighted by atomic mass is 32.2. The summed E-state index contributed by atoms with van der Waals surface area (Å²) in [5.41, 5.74) is 5.27. The van der Waals surface area contributed by atoms with Gasteiger partial charge in [0.1, 0.15) is 0 Å². The molecular weight excluding hydrogens is 266 g/mol. The number of oxime groups is 1. The smallest absolute Gasteiger partial charge is 0.202 e. The van der Waals surface area contributed by atoms with E-state index in [1.54, 1.807) is 0 Å². The van der Waals surface area contributed by atoms with Crippen molar-refractivity contribution in [3.8, 4) is 0 Å². The van der Waals surface area contributed by atoms with Crippen LogP contribution in [0.5, 0.6) is 0 Å². The Hall–Kier alpha value is -1.88. The SMILES string of the molecule is N/C(=N\O)c1nonc1NCCS(=O)(=O)CCO. The molecule has 1 aromatic rings. The molecule has 18 heavy (non-hydrogen) atoms. The van der Waals surface area contributed by atoms with Crippen LogP contribution < -0.4 is 11.1 Å². The van der Waals surface area contributed by atoms with Crippen molar-refractivity contribution < 1.29 is 23.4 Å². The molecule has 0 aliphatic carbocycles. The van der Waals surface area contributed by atoms with Crippen molar-refractivity contribution >= 4 is 21.5 Å². The lowest BCUT2D eigenvalue weighted by atomic mass is 10.4. The number of rotatable bonds is 7. The van der Waals surface area contributed by atoms with Crippen LogP contribution in [0, 0.1) is 0 Å². The van der Waals surface area contributed by atoms with E-state index in [1.807, 2.05) is 0 Å². The number of sulfone groups is 1. The molecule has 102 valence electrons. The highest BCUT2D eigenvalue weighted by molar-refractivity contribution is 7.91. The first kappa shape index (κ1) is 14.2. The van der Waals surface area contributed by atoms with E-state index in [0.29, 0.717) is 0 Å². The zero-order valence-corrected chi connectivity index (χ0v) is 10.1. The van der Waals surface area contributed by atoms with Gasteiger partial charge in [0.2, 0.25) is 5.82 Å². The van der Waals surface area contributed by atoms with Gasteiger partial charge in [-0.2, -0.15) is 0 Å². The molecule has 0 saturated heterocycles. The van der Waals surface area contributed by atoms with Crippen LogP contribution in [-0.2, 0) is 9.84 Å². The van der Waals surface area contributed by atoms with E-state index in [1.165, 1.54) is 0 Å². The largest absolute Gasteiger partial charge is 0.409 e. The monoisotopic (exact) mass is 279 g/mol. The number of hydrogen-bond acceptors (Lipinski definition) is 9. The van der Waals surface area contributed by atoms with Crippen LogP contribution in [0.4, 0.5) is 5.82 Å². The molecule has 0 atom stereocenters. The van der Waals surface area contributed by atoms with Gasteiger partial charge < -0.3 is 21.4 Å². The quantitative estimate of drug-likeness (QED) is 0.191. The fourth-order valence-electron chi connectivity index (χ4n) is 1.09. The summed E-state index contributed by atoms with van der Waals surface area (Å²) in [7, 11) is -3.33. The van der Waals surface area contributed by atoms with Gasteiger partial charge in [0.15, 0.2) is 21.4 Å². The van der Waals surface area contributed by atoms with Crippen molar-refractivity contribution in [1.29, 1.82) is 0 Å². The maximum absolute atomic E-state index is 11.3. The Labute approximate surface area is 102 Å². The summed E-state index contributed by atoms with van der Waals surface area (Å²) in [6.45, 7) is -0.397. The van der Waals surface area contributed by atoms with Gasteiger partial charge in [-0.1, -0.05) is 5.16 Å². The van der Waals surface area contributed by atoms with Crippen LogP contribution in [0.15, 0.2) is 9.78 Å². The molecule has 1 aromatic heterocycles. The predicted molar refractivity (Wildman–Crippen MR) is 61.0 cm³/mol. The van der Waals surface area contributed by atoms with E-state index in [-0.39, 0.29) is 35.4 Å². The van der Waals surface area contributed by atoms with Crippen LogP contribution >= 0.6 is 0 Å². The van der Waals surface area contributed by atoms with Gasteiger partial charge in [-0.05, 0) is 10.3 Å². The minimum atomic E-state index is -3.33. The number of anilines is 1. The molecule has 0 aliphatic heterocycles. The Morgan fingerprint density at radius 2 is 2.17 bits per heavy atom. The second-order valence-electron chi connectivity index (χ2n) is 3.25. The van der Waals surface area contributed by atoms with Crippen LogP contribution in [0.2, 0.25) is 0 Å². The number of hydrogen-bond donors (Lipinski definition) is 4. The Kier molecular flexibility index (Phi) is 4.85. The topological polar surface area (TPSA) is 164 Å². The highest BCUT2D eigenvalue weighted by Crippen LogP contribution is 2.08. The normalized spacial score (nSPS) is 12.6. The van der Waals surface area contributed by atoms with Crippen LogP contribution in [0.1, 0.15) is 5.69 Å². The number of nitrogens with one attached hydrogen (secondary N) is 1. The lowest BCUT2D eigenvalue weighted by molar-refractivity contribution is 0.304. The Balaban J connectivity index is 2.58. The van der Waals surface area contributed by atoms with E-state index in [0.717, 1.165) is 0 Å². The minimum Gasteiger partial charge on any atom is -0.409 e. The predicted octanol–water partition coefficient (Wildman–Crippen LogP) is -2.02. The van der Waals surface area contributed by atoms with Crippen molar-refractivity contribution in [1.82, 2.24) is 10.3 Å². The first-order valence-electron chi connectivity index (χ1n) is 4.86. The zero-order chi connectivity index (χ0) is 13.6. The lowest BCUT2D eigenvalue weighted by Crippen LogP contribution is -2.22. The van der Waals surface area contributed by atoms with Gasteiger partial charge in [-0.25, -0.2) is 13.0 Å². The molecule has 0 spiro atoms. The number of aromatic nitrogens is 2. The van der Waals surface area contributed by atoms with E-state index >= 15 is 0 Å². The van der Waals surface area contributed by atoms with Crippen molar-refractivity contribution in [2.24, 2.45) is 10.9 Å². The van der Waals surface area contributed by atoms with Gasteiger partial charge in [-0.15, -0.1) is 0 Å². The first-order valence-corrected chi connectivity index (χ1v) is 6.68.